The van der Waals surface area contributed by atoms with Gasteiger partial charge in [-0.2, -0.15) is 4.31 Å². The minimum atomic E-state index is -3.61. The van der Waals surface area contributed by atoms with Crippen molar-refractivity contribution >= 4 is 15.9 Å². The number of hydrogen-bond acceptors (Lipinski definition) is 4. The number of fused-ring (bicyclic) bond motifs is 2. The predicted octanol–water partition coefficient (Wildman–Crippen LogP) is 2.95. The standard InChI is InChI=1S/C21H23FN2O4S/c1-28-19-8-10-20(11-9-19)29(26,27)24-17-6-7-18(24)13-16(12-17)23-21(25)14-2-4-15(22)5-3-14/h2-5,8-11,16-18H,6-7,12-13H2,1H3,(H,23,25)/t16?,17-,18+. The number of nitrogens with zero attached hydrogens (tertiary/aromatic N) is 1. The van der Waals surface area contributed by atoms with Gasteiger partial charge in [0.05, 0.1) is 12.0 Å². The maximum atomic E-state index is 13.2. The molecule has 2 bridgehead atoms. The molecule has 0 radical (unpaired) electrons. The highest BCUT2D eigenvalue weighted by Gasteiger charge is 2.47. The van der Waals surface area contributed by atoms with Crippen molar-refractivity contribution in [3.05, 3.63) is 59.9 Å². The number of halogens is 1. The molecule has 4 rings (SSSR count). The summed E-state index contributed by atoms with van der Waals surface area (Å²) in [5.41, 5.74) is 0.395. The summed E-state index contributed by atoms with van der Waals surface area (Å²) in [5.74, 6) is -0.0494. The van der Waals surface area contributed by atoms with Gasteiger partial charge in [0.15, 0.2) is 0 Å². The van der Waals surface area contributed by atoms with Gasteiger partial charge in [-0.3, -0.25) is 4.79 Å². The Hall–Kier alpha value is -2.45. The molecule has 0 spiro atoms. The lowest BCUT2D eigenvalue weighted by Crippen LogP contribution is -2.52. The lowest BCUT2D eigenvalue weighted by Gasteiger charge is -2.38. The van der Waals surface area contributed by atoms with E-state index in [0.29, 0.717) is 24.2 Å². The third-order valence-electron chi connectivity index (χ3n) is 5.74. The highest BCUT2D eigenvalue weighted by Crippen LogP contribution is 2.40. The summed E-state index contributed by atoms with van der Waals surface area (Å²) in [4.78, 5) is 12.7. The number of amides is 1. The molecule has 0 aliphatic carbocycles. The average molecular weight is 418 g/mol. The Morgan fingerprint density at radius 3 is 2.17 bits per heavy atom. The van der Waals surface area contributed by atoms with Crippen LogP contribution >= 0.6 is 0 Å². The normalized spacial score (nSPS) is 24.3. The zero-order valence-electron chi connectivity index (χ0n) is 16.0. The van der Waals surface area contributed by atoms with Crippen molar-refractivity contribution in [3.8, 4) is 5.75 Å². The van der Waals surface area contributed by atoms with Crippen molar-refractivity contribution in [1.82, 2.24) is 9.62 Å². The quantitative estimate of drug-likeness (QED) is 0.810. The highest BCUT2D eigenvalue weighted by molar-refractivity contribution is 7.89. The largest absolute Gasteiger partial charge is 0.497 e. The molecule has 154 valence electrons. The predicted molar refractivity (Wildman–Crippen MR) is 106 cm³/mol. The molecular weight excluding hydrogens is 395 g/mol. The molecule has 0 saturated carbocycles. The number of carbonyl (C=O) groups excluding carboxylic acids is 1. The molecule has 29 heavy (non-hydrogen) atoms. The van der Waals surface area contributed by atoms with Crippen LogP contribution in [0, 0.1) is 5.82 Å². The third-order valence-corrected chi connectivity index (χ3v) is 7.76. The number of benzene rings is 2. The molecule has 1 unspecified atom stereocenters. The smallest absolute Gasteiger partial charge is 0.251 e. The molecule has 2 aliphatic heterocycles. The lowest BCUT2D eigenvalue weighted by molar-refractivity contribution is 0.0909. The van der Waals surface area contributed by atoms with Crippen LogP contribution < -0.4 is 10.1 Å². The van der Waals surface area contributed by atoms with Crippen LogP contribution in [-0.4, -0.2) is 43.9 Å². The zero-order chi connectivity index (χ0) is 20.6. The van der Waals surface area contributed by atoms with Gasteiger partial charge in [-0.15, -0.1) is 0 Å². The number of carbonyl (C=O) groups is 1. The van der Waals surface area contributed by atoms with E-state index in [0.717, 1.165) is 12.8 Å². The van der Waals surface area contributed by atoms with E-state index in [9.17, 15) is 17.6 Å². The van der Waals surface area contributed by atoms with Crippen LogP contribution in [0.1, 0.15) is 36.0 Å². The fraction of sp³-hybridized carbons (Fsp3) is 0.381. The summed E-state index contributed by atoms with van der Waals surface area (Å²) < 4.78 is 46.2. The first kappa shape index (κ1) is 19.8. The third kappa shape index (κ3) is 3.86. The molecule has 2 saturated heterocycles. The maximum absolute atomic E-state index is 13.2. The fourth-order valence-corrected chi connectivity index (χ4v) is 6.28. The van der Waals surface area contributed by atoms with E-state index in [1.54, 1.807) is 28.6 Å². The molecule has 2 heterocycles. The van der Waals surface area contributed by atoms with E-state index in [1.165, 1.54) is 31.4 Å². The molecule has 1 amide bonds. The van der Waals surface area contributed by atoms with Gasteiger partial charge in [-0.05, 0) is 74.2 Å². The van der Waals surface area contributed by atoms with Gasteiger partial charge in [0, 0.05) is 23.7 Å². The van der Waals surface area contributed by atoms with E-state index in [4.69, 9.17) is 4.74 Å². The maximum Gasteiger partial charge on any atom is 0.251 e. The van der Waals surface area contributed by atoms with Crippen molar-refractivity contribution in [3.63, 3.8) is 0 Å². The van der Waals surface area contributed by atoms with Crippen LogP contribution in [-0.2, 0) is 10.0 Å². The van der Waals surface area contributed by atoms with E-state index in [1.807, 2.05) is 0 Å². The van der Waals surface area contributed by atoms with Gasteiger partial charge < -0.3 is 10.1 Å². The zero-order valence-corrected chi connectivity index (χ0v) is 16.9. The van der Waals surface area contributed by atoms with Gasteiger partial charge in [-0.25, -0.2) is 12.8 Å². The Morgan fingerprint density at radius 2 is 1.62 bits per heavy atom. The second kappa shape index (κ2) is 7.76. The second-order valence-corrected chi connectivity index (χ2v) is 9.39. The topological polar surface area (TPSA) is 75.7 Å². The summed E-state index contributed by atoms with van der Waals surface area (Å²) in [6, 6.07) is 11.4. The Bertz CT molecular complexity index is 978. The monoisotopic (exact) mass is 418 g/mol. The SMILES string of the molecule is COc1ccc(S(=O)(=O)N2[C@@H]3CC[C@H]2CC(NC(=O)c2ccc(F)cc2)C3)cc1. The molecule has 2 aliphatic rings. The number of nitrogens with one attached hydrogen (secondary N) is 1. The first-order valence-corrected chi connectivity index (χ1v) is 11.1. The molecule has 8 heteroatoms. The van der Waals surface area contributed by atoms with E-state index in [2.05, 4.69) is 5.32 Å². The second-order valence-electron chi connectivity index (χ2n) is 7.54. The van der Waals surface area contributed by atoms with Crippen molar-refractivity contribution in [2.75, 3.05) is 7.11 Å². The van der Waals surface area contributed by atoms with E-state index < -0.39 is 15.8 Å². The number of sulfonamides is 1. The van der Waals surface area contributed by atoms with Crippen LogP contribution in [0.2, 0.25) is 0 Å². The Morgan fingerprint density at radius 1 is 1.03 bits per heavy atom. The van der Waals surface area contributed by atoms with Gasteiger partial charge in [-0.1, -0.05) is 0 Å². The van der Waals surface area contributed by atoms with Crippen LogP contribution in [0.25, 0.3) is 0 Å². The summed E-state index contributed by atoms with van der Waals surface area (Å²) in [6.45, 7) is 0. The Labute approximate surface area is 169 Å². The van der Waals surface area contributed by atoms with Gasteiger partial charge in [0.2, 0.25) is 10.0 Å². The Balaban J connectivity index is 1.47. The van der Waals surface area contributed by atoms with Crippen molar-refractivity contribution in [1.29, 1.82) is 0 Å². The minimum absolute atomic E-state index is 0.104. The van der Waals surface area contributed by atoms with Crippen LogP contribution in [0.3, 0.4) is 0 Å². The molecule has 6 nitrogen and oxygen atoms in total. The Kier molecular flexibility index (Phi) is 5.31. The number of rotatable bonds is 5. The molecule has 3 atom stereocenters. The molecular formula is C21H23FN2O4S. The minimum Gasteiger partial charge on any atom is -0.497 e. The molecule has 2 fully saturated rings. The molecule has 0 aromatic heterocycles. The van der Waals surface area contributed by atoms with Crippen molar-refractivity contribution in [2.45, 2.75) is 48.7 Å². The van der Waals surface area contributed by atoms with E-state index >= 15 is 0 Å². The van der Waals surface area contributed by atoms with Crippen molar-refractivity contribution in [2.24, 2.45) is 0 Å². The van der Waals surface area contributed by atoms with Gasteiger partial charge in [0.1, 0.15) is 11.6 Å². The molecule has 1 N–H and O–H groups in total. The van der Waals surface area contributed by atoms with Crippen molar-refractivity contribution < 1.29 is 22.3 Å². The van der Waals surface area contributed by atoms with Crippen LogP contribution in [0.4, 0.5) is 4.39 Å². The number of methoxy groups -OCH3 is 1. The number of hydrogen-bond donors (Lipinski definition) is 1. The first-order valence-electron chi connectivity index (χ1n) is 9.62. The lowest BCUT2D eigenvalue weighted by atomic mass is 9.99. The van der Waals surface area contributed by atoms with Gasteiger partial charge >= 0.3 is 0 Å². The van der Waals surface area contributed by atoms with E-state index in [-0.39, 0.29) is 28.9 Å². The summed E-state index contributed by atoms with van der Waals surface area (Å²) in [7, 11) is -2.07. The number of ether oxygens (including phenoxy) is 1. The number of piperidine rings is 1. The van der Waals surface area contributed by atoms with Crippen LogP contribution in [0.5, 0.6) is 5.75 Å². The average Bonchev–Trinajstić information content (AvgIpc) is 3.00. The fourth-order valence-electron chi connectivity index (χ4n) is 4.38. The summed E-state index contributed by atoms with van der Waals surface area (Å²) >= 11 is 0. The summed E-state index contributed by atoms with van der Waals surface area (Å²) in [6.07, 6.45) is 2.70. The molecule has 2 aromatic carbocycles. The molecule has 2 aromatic rings. The van der Waals surface area contributed by atoms with Crippen LogP contribution in [0.15, 0.2) is 53.4 Å². The highest BCUT2D eigenvalue weighted by atomic mass is 32.2. The first-order chi connectivity index (χ1) is 13.9. The van der Waals surface area contributed by atoms with Gasteiger partial charge in [0.25, 0.3) is 5.91 Å². The summed E-state index contributed by atoms with van der Waals surface area (Å²) in [5, 5.41) is 2.98.